The molecule has 3 heterocycles. The summed E-state index contributed by atoms with van der Waals surface area (Å²) in [5.41, 5.74) is 3.75. The number of cyclic esters (lactones) is 1. The van der Waals surface area contributed by atoms with Crippen molar-refractivity contribution in [1.82, 2.24) is 9.88 Å². The molecule has 1 saturated heterocycles. The molecule has 220 valence electrons. The molecule has 1 fully saturated rings. The molecule has 0 saturated carbocycles. The number of benzene rings is 2. The van der Waals surface area contributed by atoms with Gasteiger partial charge < -0.3 is 14.8 Å². The van der Waals surface area contributed by atoms with Crippen molar-refractivity contribution in [2.75, 3.05) is 19.0 Å². The first-order valence-electron chi connectivity index (χ1n) is 13.7. The fraction of sp³-hybridized carbons (Fsp3) is 0.355. The summed E-state index contributed by atoms with van der Waals surface area (Å²) in [6.07, 6.45) is 2.56. The van der Waals surface area contributed by atoms with Gasteiger partial charge in [-0.15, -0.1) is 0 Å². The van der Waals surface area contributed by atoms with Gasteiger partial charge >= 0.3 is 12.1 Å². The molecule has 2 aromatic carbocycles. The van der Waals surface area contributed by atoms with E-state index < -0.39 is 24.1 Å². The number of halogens is 3. The van der Waals surface area contributed by atoms with Gasteiger partial charge in [-0.1, -0.05) is 53.0 Å². The minimum atomic E-state index is -0.790. The molecular formula is C31H30BrClFN3O5. The van der Waals surface area contributed by atoms with Crippen molar-refractivity contribution in [3.05, 3.63) is 80.8 Å². The number of amides is 2. The number of ether oxygens (including phenoxy) is 2. The Morgan fingerprint density at radius 3 is 2.76 bits per heavy atom. The van der Waals surface area contributed by atoms with E-state index >= 15 is 0 Å². The number of carbonyl (C=O) groups excluding carboxylic acids is 3. The van der Waals surface area contributed by atoms with Crippen molar-refractivity contribution < 1.29 is 28.2 Å². The van der Waals surface area contributed by atoms with Gasteiger partial charge in [0.2, 0.25) is 5.91 Å². The summed E-state index contributed by atoms with van der Waals surface area (Å²) in [5.74, 6) is -1.42. The molecular weight excluding hydrogens is 629 g/mol. The highest BCUT2D eigenvalue weighted by atomic mass is 79.9. The topological polar surface area (TPSA) is 97.8 Å². The van der Waals surface area contributed by atoms with Crippen LogP contribution in [0.2, 0.25) is 5.02 Å². The molecule has 2 aliphatic rings. The summed E-state index contributed by atoms with van der Waals surface area (Å²) < 4.78 is 26.0. The van der Waals surface area contributed by atoms with Crippen molar-refractivity contribution in [2.24, 2.45) is 5.92 Å². The fourth-order valence-corrected chi connectivity index (χ4v) is 6.21. The number of rotatable bonds is 4. The molecule has 3 aromatic rings. The molecule has 1 unspecified atom stereocenters. The molecule has 1 aromatic heterocycles. The lowest BCUT2D eigenvalue weighted by Gasteiger charge is -2.37. The summed E-state index contributed by atoms with van der Waals surface area (Å²) in [6.45, 7) is 2.19. The number of fused-ring (bicyclic) bond motifs is 4. The monoisotopic (exact) mass is 657 g/mol. The van der Waals surface area contributed by atoms with Gasteiger partial charge in [-0.05, 0) is 54.3 Å². The van der Waals surface area contributed by atoms with E-state index in [0.29, 0.717) is 53.6 Å². The molecule has 1 N–H and O–H groups in total. The number of esters is 1. The average molecular weight is 659 g/mol. The van der Waals surface area contributed by atoms with Gasteiger partial charge in [0.1, 0.15) is 11.9 Å². The van der Waals surface area contributed by atoms with Crippen LogP contribution >= 0.6 is 27.5 Å². The highest BCUT2D eigenvalue weighted by Crippen LogP contribution is 2.40. The van der Waals surface area contributed by atoms with Crippen molar-refractivity contribution in [1.29, 1.82) is 0 Å². The zero-order valence-electron chi connectivity index (χ0n) is 23.2. The first-order chi connectivity index (χ1) is 20.2. The van der Waals surface area contributed by atoms with Crippen LogP contribution in [-0.2, 0) is 25.5 Å². The highest BCUT2D eigenvalue weighted by Gasteiger charge is 2.36. The lowest BCUT2D eigenvalue weighted by molar-refractivity contribution is -0.139. The lowest BCUT2D eigenvalue weighted by atomic mass is 9.93. The second-order valence-electron chi connectivity index (χ2n) is 10.6. The summed E-state index contributed by atoms with van der Waals surface area (Å²) in [7, 11) is 1.33. The zero-order valence-corrected chi connectivity index (χ0v) is 25.5. The minimum absolute atomic E-state index is 0.0390. The number of hydrogen-bond acceptors (Lipinski definition) is 6. The van der Waals surface area contributed by atoms with Crippen LogP contribution in [0.4, 0.5) is 14.9 Å². The van der Waals surface area contributed by atoms with Gasteiger partial charge in [-0.25, -0.2) is 9.18 Å². The third-order valence-electron chi connectivity index (χ3n) is 7.80. The van der Waals surface area contributed by atoms with E-state index in [9.17, 15) is 18.8 Å². The van der Waals surface area contributed by atoms with Gasteiger partial charge in [0.25, 0.3) is 0 Å². The molecule has 11 heteroatoms. The first kappa shape index (κ1) is 30.0. The maximum atomic E-state index is 14.9. The van der Waals surface area contributed by atoms with Crippen LogP contribution in [0.15, 0.2) is 53.1 Å². The van der Waals surface area contributed by atoms with Crippen LogP contribution in [0.25, 0.3) is 11.1 Å². The largest absolute Gasteiger partial charge is 0.469 e. The number of hydrogen-bond donors (Lipinski definition) is 1. The predicted molar refractivity (Wildman–Crippen MR) is 159 cm³/mol. The van der Waals surface area contributed by atoms with E-state index in [0.717, 1.165) is 11.1 Å². The van der Waals surface area contributed by atoms with E-state index in [1.807, 2.05) is 31.2 Å². The van der Waals surface area contributed by atoms with E-state index in [1.165, 1.54) is 13.2 Å². The third-order valence-corrected chi connectivity index (χ3v) is 8.78. The standard InChI is InChI=1S/C31H30BrClFN3O5/c1-17-4-3-5-25(37-13-11-26(42-31(37)40)28-21(32)8-9-22(33)29(28)34)24-16-19(10-12-35-24)20-7-6-18(15-27(38)41-2)14-23(20)36-30(17)39/h6-10,12,14,16-17,25-26H,3-5,11,13,15H2,1-2H3,(H,36,39)/t17-,25+,26?/m1/s1. The summed E-state index contributed by atoms with van der Waals surface area (Å²) in [5, 5.41) is 3.00. The second kappa shape index (κ2) is 12.8. The van der Waals surface area contributed by atoms with Crippen molar-refractivity contribution in [3.63, 3.8) is 0 Å². The maximum absolute atomic E-state index is 14.9. The van der Waals surface area contributed by atoms with Gasteiger partial charge in [-0.2, -0.15) is 0 Å². The maximum Gasteiger partial charge on any atom is 0.410 e. The SMILES string of the molecule is COC(=O)Cc1ccc2c(c1)NC(=O)[C@H](C)CCC[C@H](N1CCC(c3c(Br)ccc(Cl)c3F)OC1=O)c1cc-2ccn1. The number of anilines is 1. The molecule has 0 aliphatic carbocycles. The minimum Gasteiger partial charge on any atom is -0.469 e. The molecule has 2 amide bonds. The van der Waals surface area contributed by atoms with Crippen molar-refractivity contribution in [2.45, 2.75) is 51.2 Å². The lowest BCUT2D eigenvalue weighted by Crippen LogP contribution is -2.42. The summed E-state index contributed by atoms with van der Waals surface area (Å²) >= 11 is 9.37. The van der Waals surface area contributed by atoms with Crippen LogP contribution in [0.1, 0.15) is 61.6 Å². The zero-order chi connectivity index (χ0) is 30.0. The number of nitrogens with zero attached hydrogens (tertiary/aromatic N) is 2. The molecule has 5 rings (SSSR count). The summed E-state index contributed by atoms with van der Waals surface area (Å²) in [6, 6.07) is 11.9. The molecule has 0 radical (unpaired) electrons. The van der Waals surface area contributed by atoms with E-state index in [2.05, 4.69) is 26.2 Å². The van der Waals surface area contributed by atoms with Crippen LogP contribution in [-0.4, -0.2) is 41.5 Å². The first-order valence-corrected chi connectivity index (χ1v) is 14.9. The Balaban J connectivity index is 1.48. The van der Waals surface area contributed by atoms with Gasteiger partial charge in [0.05, 0.1) is 30.3 Å². The normalized spacial score (nSPS) is 20.9. The van der Waals surface area contributed by atoms with Crippen molar-refractivity contribution in [3.8, 4) is 11.1 Å². The Labute approximate surface area is 256 Å². The van der Waals surface area contributed by atoms with E-state index in [1.54, 1.807) is 23.2 Å². The Kier molecular flexibility index (Phi) is 9.13. The molecule has 2 aliphatic heterocycles. The Morgan fingerprint density at radius 2 is 2.00 bits per heavy atom. The number of carbonyl (C=O) groups is 3. The van der Waals surface area contributed by atoms with Gasteiger partial charge in [0, 0.05) is 46.4 Å². The molecule has 0 spiro atoms. The smallest absolute Gasteiger partial charge is 0.410 e. The quantitative estimate of drug-likeness (QED) is 0.232. The van der Waals surface area contributed by atoms with Crippen LogP contribution in [0.5, 0.6) is 0 Å². The van der Waals surface area contributed by atoms with E-state index in [-0.39, 0.29) is 34.8 Å². The predicted octanol–water partition coefficient (Wildman–Crippen LogP) is 7.40. The Morgan fingerprint density at radius 1 is 1.19 bits per heavy atom. The molecule has 42 heavy (non-hydrogen) atoms. The molecule has 8 nitrogen and oxygen atoms in total. The van der Waals surface area contributed by atoms with Crippen LogP contribution in [0.3, 0.4) is 0 Å². The summed E-state index contributed by atoms with van der Waals surface area (Å²) in [4.78, 5) is 44.7. The van der Waals surface area contributed by atoms with Crippen LogP contribution < -0.4 is 5.32 Å². The Bertz CT molecular complexity index is 1540. The highest BCUT2D eigenvalue weighted by molar-refractivity contribution is 9.10. The molecule has 3 atom stereocenters. The van der Waals surface area contributed by atoms with Gasteiger partial charge in [0.15, 0.2) is 0 Å². The number of methoxy groups -OCH3 is 1. The fourth-order valence-electron chi connectivity index (χ4n) is 5.48. The van der Waals surface area contributed by atoms with E-state index in [4.69, 9.17) is 21.1 Å². The second-order valence-corrected chi connectivity index (χ2v) is 11.8. The average Bonchev–Trinajstić information content (AvgIpc) is 2.97. The Hall–Kier alpha value is -3.50. The van der Waals surface area contributed by atoms with Crippen molar-refractivity contribution >= 4 is 51.2 Å². The van der Waals surface area contributed by atoms with Crippen LogP contribution in [0, 0.1) is 11.7 Å². The third kappa shape index (κ3) is 6.29. The number of pyridine rings is 1. The number of nitrogens with one attached hydrogen (secondary N) is 1. The number of aromatic nitrogens is 1. The van der Waals surface area contributed by atoms with Gasteiger partial charge in [-0.3, -0.25) is 19.5 Å². The molecule has 2 bridgehead atoms.